The van der Waals surface area contributed by atoms with Crippen LogP contribution >= 0.6 is 0 Å². The molecule has 0 aliphatic carbocycles. The molecule has 17 heavy (non-hydrogen) atoms. The number of amides is 1. The molecule has 0 unspecified atom stereocenters. The molecule has 1 aliphatic heterocycles. The van der Waals surface area contributed by atoms with Gasteiger partial charge in [0.15, 0.2) is 0 Å². The predicted octanol–water partition coefficient (Wildman–Crippen LogP) is 1.94. The van der Waals surface area contributed by atoms with Gasteiger partial charge in [-0.1, -0.05) is 0 Å². The van der Waals surface area contributed by atoms with Crippen LogP contribution in [0.25, 0.3) is 10.9 Å². The van der Waals surface area contributed by atoms with Crippen LogP contribution in [0.5, 0.6) is 0 Å². The Balaban J connectivity index is 2.23. The van der Waals surface area contributed by atoms with Crippen molar-refractivity contribution in [2.24, 2.45) is 0 Å². The molecule has 2 N–H and O–H groups in total. The highest BCUT2D eigenvalue weighted by atomic mass is 16.2. The minimum absolute atomic E-state index is 0.180. The summed E-state index contributed by atoms with van der Waals surface area (Å²) in [6.07, 6.45) is 3.27. The van der Waals surface area contributed by atoms with Gasteiger partial charge in [-0.05, 0) is 30.7 Å². The lowest BCUT2D eigenvalue weighted by atomic mass is 10.1. The molecule has 1 aromatic heterocycles. The molecule has 1 fully saturated rings. The first-order chi connectivity index (χ1) is 8.27. The Morgan fingerprint density at radius 3 is 2.94 bits per heavy atom. The Hall–Kier alpha value is -2.10. The number of benzene rings is 1. The Labute approximate surface area is 99.0 Å². The topological polar surface area (TPSA) is 59.2 Å². The molecular weight excluding hydrogens is 214 g/mol. The number of nitrogens with two attached hydrogens (primary N) is 1. The molecule has 1 aromatic carbocycles. The summed E-state index contributed by atoms with van der Waals surface area (Å²) in [6.45, 7) is 0.784. The van der Waals surface area contributed by atoms with Crippen molar-refractivity contribution in [1.29, 1.82) is 0 Å². The highest BCUT2D eigenvalue weighted by Gasteiger charge is 2.23. The van der Waals surface area contributed by atoms with E-state index in [2.05, 4.69) is 4.98 Å². The van der Waals surface area contributed by atoms with E-state index in [4.69, 9.17) is 5.73 Å². The second-order valence-electron chi connectivity index (χ2n) is 4.22. The second-order valence-corrected chi connectivity index (χ2v) is 4.22. The molecule has 2 aromatic rings. The summed E-state index contributed by atoms with van der Waals surface area (Å²) in [5.41, 5.74) is 8.23. The molecule has 1 aliphatic rings. The van der Waals surface area contributed by atoms with Gasteiger partial charge < -0.3 is 10.6 Å². The fraction of sp³-hybridized carbons (Fsp3) is 0.231. The van der Waals surface area contributed by atoms with Crippen LogP contribution in [0.1, 0.15) is 12.8 Å². The number of hydrogen-bond acceptors (Lipinski definition) is 3. The van der Waals surface area contributed by atoms with Crippen molar-refractivity contribution in [3.8, 4) is 0 Å². The molecule has 2 heterocycles. The molecule has 0 saturated carbocycles. The number of fused-ring (bicyclic) bond motifs is 1. The van der Waals surface area contributed by atoms with E-state index >= 15 is 0 Å². The van der Waals surface area contributed by atoms with E-state index in [0.717, 1.165) is 29.6 Å². The van der Waals surface area contributed by atoms with Gasteiger partial charge in [-0.3, -0.25) is 9.78 Å². The van der Waals surface area contributed by atoms with Crippen LogP contribution in [0.2, 0.25) is 0 Å². The van der Waals surface area contributed by atoms with Gasteiger partial charge in [0.05, 0.1) is 16.9 Å². The molecule has 0 atom stereocenters. The minimum Gasteiger partial charge on any atom is -0.397 e. The van der Waals surface area contributed by atoms with Crippen LogP contribution in [0.3, 0.4) is 0 Å². The summed E-state index contributed by atoms with van der Waals surface area (Å²) >= 11 is 0. The van der Waals surface area contributed by atoms with Gasteiger partial charge in [0.1, 0.15) is 0 Å². The number of hydrogen-bond donors (Lipinski definition) is 1. The maximum Gasteiger partial charge on any atom is 0.227 e. The van der Waals surface area contributed by atoms with Crippen LogP contribution in [0, 0.1) is 0 Å². The molecule has 0 spiro atoms. The van der Waals surface area contributed by atoms with Gasteiger partial charge in [0.2, 0.25) is 5.91 Å². The highest BCUT2D eigenvalue weighted by molar-refractivity contribution is 6.06. The fourth-order valence-corrected chi connectivity index (χ4v) is 2.32. The first-order valence-corrected chi connectivity index (χ1v) is 5.71. The third-order valence-electron chi connectivity index (χ3n) is 3.14. The first kappa shape index (κ1) is 10.1. The number of pyridine rings is 1. The fourth-order valence-electron chi connectivity index (χ4n) is 2.32. The average Bonchev–Trinajstić information content (AvgIpc) is 2.77. The standard InChI is InChI=1S/C13H13N3O/c14-10-5-6-11(16-8-2-4-12(16)17)9-3-1-7-15-13(9)10/h1,3,5-7H,2,4,8,14H2. The zero-order chi connectivity index (χ0) is 11.8. The second kappa shape index (κ2) is 3.73. The number of aromatic nitrogens is 1. The van der Waals surface area contributed by atoms with Crippen molar-refractivity contribution < 1.29 is 4.79 Å². The Morgan fingerprint density at radius 2 is 2.18 bits per heavy atom. The molecular formula is C13H13N3O. The molecule has 1 saturated heterocycles. The van der Waals surface area contributed by atoms with Crippen molar-refractivity contribution in [3.63, 3.8) is 0 Å². The van der Waals surface area contributed by atoms with E-state index in [9.17, 15) is 4.79 Å². The van der Waals surface area contributed by atoms with Crippen LogP contribution in [-0.2, 0) is 4.79 Å². The summed E-state index contributed by atoms with van der Waals surface area (Å²) in [4.78, 5) is 17.9. The zero-order valence-electron chi connectivity index (χ0n) is 9.39. The maximum atomic E-state index is 11.8. The number of anilines is 2. The number of nitrogen functional groups attached to an aromatic ring is 1. The number of rotatable bonds is 1. The summed E-state index contributed by atoms with van der Waals surface area (Å²) in [6, 6.07) is 7.55. The zero-order valence-corrected chi connectivity index (χ0v) is 9.39. The molecule has 0 radical (unpaired) electrons. The van der Waals surface area contributed by atoms with Crippen molar-refractivity contribution in [2.45, 2.75) is 12.8 Å². The van der Waals surface area contributed by atoms with Crippen LogP contribution in [0.15, 0.2) is 30.5 Å². The minimum atomic E-state index is 0.180. The lowest BCUT2D eigenvalue weighted by molar-refractivity contribution is -0.117. The van der Waals surface area contributed by atoms with Gasteiger partial charge in [0, 0.05) is 24.5 Å². The summed E-state index contributed by atoms with van der Waals surface area (Å²) < 4.78 is 0. The van der Waals surface area contributed by atoms with Gasteiger partial charge in [-0.25, -0.2) is 0 Å². The van der Waals surface area contributed by atoms with E-state index < -0.39 is 0 Å². The van der Waals surface area contributed by atoms with E-state index in [-0.39, 0.29) is 5.91 Å². The van der Waals surface area contributed by atoms with E-state index in [1.165, 1.54) is 0 Å². The van der Waals surface area contributed by atoms with Crippen LogP contribution in [-0.4, -0.2) is 17.4 Å². The smallest absolute Gasteiger partial charge is 0.227 e. The monoisotopic (exact) mass is 227 g/mol. The molecule has 86 valence electrons. The Bertz CT molecular complexity index is 594. The van der Waals surface area contributed by atoms with Crippen molar-refractivity contribution in [2.75, 3.05) is 17.2 Å². The highest BCUT2D eigenvalue weighted by Crippen LogP contribution is 2.31. The molecule has 0 bridgehead atoms. The van der Waals surface area contributed by atoms with Crippen molar-refractivity contribution >= 4 is 28.2 Å². The van der Waals surface area contributed by atoms with E-state index in [0.29, 0.717) is 12.1 Å². The summed E-state index contributed by atoms with van der Waals surface area (Å²) in [5, 5.41) is 0.947. The van der Waals surface area contributed by atoms with Crippen LogP contribution in [0.4, 0.5) is 11.4 Å². The SMILES string of the molecule is Nc1ccc(N2CCCC2=O)c2cccnc12. The molecule has 3 rings (SSSR count). The lowest BCUT2D eigenvalue weighted by Gasteiger charge is -2.18. The first-order valence-electron chi connectivity index (χ1n) is 5.71. The predicted molar refractivity (Wildman–Crippen MR) is 67.7 cm³/mol. The van der Waals surface area contributed by atoms with Gasteiger partial charge in [-0.15, -0.1) is 0 Å². The molecule has 4 nitrogen and oxygen atoms in total. The van der Waals surface area contributed by atoms with Crippen molar-refractivity contribution in [3.05, 3.63) is 30.5 Å². The summed E-state index contributed by atoms with van der Waals surface area (Å²) in [5.74, 6) is 0.180. The number of nitrogens with zero attached hydrogens (tertiary/aromatic N) is 2. The average molecular weight is 227 g/mol. The van der Waals surface area contributed by atoms with E-state index in [1.54, 1.807) is 6.20 Å². The largest absolute Gasteiger partial charge is 0.397 e. The molecule has 1 amide bonds. The third kappa shape index (κ3) is 1.53. The van der Waals surface area contributed by atoms with Crippen LogP contribution < -0.4 is 10.6 Å². The third-order valence-corrected chi connectivity index (χ3v) is 3.14. The quantitative estimate of drug-likeness (QED) is 0.757. The van der Waals surface area contributed by atoms with E-state index in [1.807, 2.05) is 29.2 Å². The summed E-state index contributed by atoms with van der Waals surface area (Å²) in [7, 11) is 0. The lowest BCUT2D eigenvalue weighted by Crippen LogP contribution is -2.23. The van der Waals surface area contributed by atoms with Gasteiger partial charge in [0.25, 0.3) is 0 Å². The normalized spacial score (nSPS) is 15.8. The Morgan fingerprint density at radius 1 is 1.29 bits per heavy atom. The maximum absolute atomic E-state index is 11.8. The molecule has 4 heteroatoms. The number of carbonyl (C=O) groups is 1. The Kier molecular flexibility index (Phi) is 2.21. The van der Waals surface area contributed by atoms with Crippen molar-refractivity contribution in [1.82, 2.24) is 4.98 Å². The van der Waals surface area contributed by atoms with Gasteiger partial charge >= 0.3 is 0 Å². The number of carbonyl (C=O) groups excluding carboxylic acids is 1. The van der Waals surface area contributed by atoms with Gasteiger partial charge in [-0.2, -0.15) is 0 Å².